The molecule has 2 N–H and O–H groups in total. The molecule has 0 radical (unpaired) electrons. The molecule has 0 amide bonds. The first kappa shape index (κ1) is 14.4. The molecule has 0 aliphatic heterocycles. The lowest BCUT2D eigenvalue weighted by molar-refractivity contribution is 0.431. The van der Waals surface area contributed by atoms with E-state index >= 15 is 0 Å². The molecule has 0 spiro atoms. The maximum atomic E-state index is 6.13. The molecule has 8 heteroatoms. The van der Waals surface area contributed by atoms with E-state index in [0.717, 1.165) is 11.3 Å². The number of rotatable bonds is 3. The molecular weight excluding hydrogens is 328 g/mol. The number of aromatic nitrogens is 5. The molecule has 0 saturated carbocycles. The van der Waals surface area contributed by atoms with Gasteiger partial charge in [0.2, 0.25) is 5.82 Å². The van der Waals surface area contributed by atoms with Gasteiger partial charge in [0.05, 0.1) is 5.69 Å². The Bertz CT molecular complexity index is 977. The van der Waals surface area contributed by atoms with Crippen LogP contribution in [-0.2, 0) is 0 Å². The second kappa shape index (κ2) is 5.78. The number of nitrogens with two attached hydrogens (primary N) is 1. The van der Waals surface area contributed by atoms with Crippen LogP contribution in [0.4, 0.5) is 5.82 Å². The van der Waals surface area contributed by atoms with E-state index in [1.165, 1.54) is 4.68 Å². The van der Waals surface area contributed by atoms with E-state index in [1.54, 1.807) is 24.3 Å². The van der Waals surface area contributed by atoms with Gasteiger partial charge in [-0.15, -0.1) is 5.10 Å². The molecular formula is C16H11ClN6O. The van der Waals surface area contributed by atoms with Crippen LogP contribution in [0.2, 0.25) is 5.02 Å². The van der Waals surface area contributed by atoms with Gasteiger partial charge in [0.25, 0.3) is 5.89 Å². The Kier molecular flexibility index (Phi) is 3.47. The first-order valence-corrected chi connectivity index (χ1v) is 7.47. The van der Waals surface area contributed by atoms with Crippen molar-refractivity contribution in [2.45, 2.75) is 0 Å². The van der Waals surface area contributed by atoms with Crippen LogP contribution in [0.5, 0.6) is 0 Å². The van der Waals surface area contributed by atoms with Crippen LogP contribution < -0.4 is 5.73 Å². The Morgan fingerprint density at radius 2 is 1.75 bits per heavy atom. The van der Waals surface area contributed by atoms with Crippen molar-refractivity contribution in [3.63, 3.8) is 0 Å². The number of anilines is 1. The van der Waals surface area contributed by atoms with Crippen LogP contribution in [-0.4, -0.2) is 25.1 Å². The molecule has 2 heterocycles. The van der Waals surface area contributed by atoms with Crippen molar-refractivity contribution in [2.24, 2.45) is 0 Å². The Morgan fingerprint density at radius 1 is 1.00 bits per heavy atom. The van der Waals surface area contributed by atoms with Gasteiger partial charge in [-0.05, 0) is 36.4 Å². The molecule has 0 saturated heterocycles. The summed E-state index contributed by atoms with van der Waals surface area (Å²) in [5.74, 6) is 0.961. The number of benzene rings is 2. The molecule has 24 heavy (non-hydrogen) atoms. The van der Waals surface area contributed by atoms with Crippen LogP contribution in [0, 0.1) is 0 Å². The van der Waals surface area contributed by atoms with E-state index in [2.05, 4.69) is 20.5 Å². The highest BCUT2D eigenvalue weighted by atomic mass is 35.5. The third kappa shape index (κ3) is 2.50. The van der Waals surface area contributed by atoms with Gasteiger partial charge in [-0.1, -0.05) is 40.2 Å². The topological polar surface area (TPSA) is 95.7 Å². The largest absolute Gasteiger partial charge is 0.382 e. The van der Waals surface area contributed by atoms with Crippen molar-refractivity contribution in [2.75, 3.05) is 5.73 Å². The molecule has 0 aliphatic carbocycles. The Morgan fingerprint density at radius 3 is 2.50 bits per heavy atom. The molecule has 7 nitrogen and oxygen atoms in total. The van der Waals surface area contributed by atoms with Crippen molar-refractivity contribution >= 4 is 17.4 Å². The molecule has 2 aromatic heterocycles. The average Bonchev–Trinajstić information content (AvgIpc) is 3.23. The number of hydrogen-bond donors (Lipinski definition) is 1. The molecule has 0 fully saturated rings. The summed E-state index contributed by atoms with van der Waals surface area (Å²) in [6.45, 7) is 0. The average molecular weight is 339 g/mol. The van der Waals surface area contributed by atoms with Crippen LogP contribution >= 0.6 is 11.6 Å². The van der Waals surface area contributed by atoms with Crippen molar-refractivity contribution in [1.82, 2.24) is 25.1 Å². The van der Waals surface area contributed by atoms with Gasteiger partial charge < -0.3 is 10.3 Å². The Hall–Kier alpha value is -3.19. The highest BCUT2D eigenvalue weighted by Gasteiger charge is 2.19. The monoisotopic (exact) mass is 338 g/mol. The molecule has 4 aromatic rings. The number of nitrogen functional groups attached to an aromatic ring is 1. The van der Waals surface area contributed by atoms with Gasteiger partial charge in [-0.25, -0.2) is 0 Å². The normalized spacial score (nSPS) is 10.9. The Labute approximate surface area is 141 Å². The summed E-state index contributed by atoms with van der Waals surface area (Å²) in [6, 6.07) is 16.6. The maximum Gasteiger partial charge on any atom is 0.282 e. The summed E-state index contributed by atoms with van der Waals surface area (Å²) in [5.41, 5.74) is 8.05. The summed E-state index contributed by atoms with van der Waals surface area (Å²) >= 11 is 5.88. The summed E-state index contributed by atoms with van der Waals surface area (Å²) in [7, 11) is 0. The highest BCUT2D eigenvalue weighted by molar-refractivity contribution is 6.30. The van der Waals surface area contributed by atoms with Gasteiger partial charge in [-0.2, -0.15) is 9.67 Å². The third-order valence-electron chi connectivity index (χ3n) is 3.44. The first-order chi connectivity index (χ1) is 11.7. The number of hydrogen-bond acceptors (Lipinski definition) is 6. The predicted molar refractivity (Wildman–Crippen MR) is 89.5 cm³/mol. The van der Waals surface area contributed by atoms with Crippen LogP contribution in [0.15, 0.2) is 59.1 Å². The molecule has 0 unspecified atom stereocenters. The Balaban J connectivity index is 1.71. The SMILES string of the molecule is Nc1c(-c2nc(-c3ccc(Cl)cc3)no2)nnn1-c1ccccc1. The third-order valence-corrected chi connectivity index (χ3v) is 3.69. The van der Waals surface area contributed by atoms with Gasteiger partial charge >= 0.3 is 0 Å². The summed E-state index contributed by atoms with van der Waals surface area (Å²) in [5, 5.41) is 12.7. The summed E-state index contributed by atoms with van der Waals surface area (Å²) in [6.07, 6.45) is 0. The van der Waals surface area contributed by atoms with Crippen LogP contribution in [0.3, 0.4) is 0 Å². The van der Waals surface area contributed by atoms with Crippen molar-refractivity contribution in [3.8, 4) is 28.7 Å². The van der Waals surface area contributed by atoms with Gasteiger partial charge in [-0.3, -0.25) is 0 Å². The molecule has 0 atom stereocenters. The zero-order valence-electron chi connectivity index (χ0n) is 12.3. The number of nitrogens with zero attached hydrogens (tertiary/aromatic N) is 5. The second-order valence-corrected chi connectivity index (χ2v) is 5.44. The molecule has 0 bridgehead atoms. The minimum atomic E-state index is 0.208. The quantitative estimate of drug-likeness (QED) is 0.616. The summed E-state index contributed by atoms with van der Waals surface area (Å²) in [4.78, 5) is 4.33. The lowest BCUT2D eigenvalue weighted by Gasteiger charge is -2.01. The summed E-state index contributed by atoms with van der Waals surface area (Å²) < 4.78 is 6.79. The molecule has 0 aliphatic rings. The molecule has 118 valence electrons. The zero-order chi connectivity index (χ0) is 16.5. The van der Waals surface area contributed by atoms with Gasteiger partial charge in [0, 0.05) is 10.6 Å². The van der Waals surface area contributed by atoms with Crippen LogP contribution in [0.1, 0.15) is 0 Å². The van der Waals surface area contributed by atoms with Crippen molar-refractivity contribution in [1.29, 1.82) is 0 Å². The fourth-order valence-electron chi connectivity index (χ4n) is 2.24. The number of para-hydroxylation sites is 1. The lowest BCUT2D eigenvalue weighted by Crippen LogP contribution is -2.01. The smallest absolute Gasteiger partial charge is 0.282 e. The number of halogens is 1. The fraction of sp³-hybridized carbons (Fsp3) is 0. The molecule has 2 aromatic carbocycles. The van der Waals surface area contributed by atoms with Crippen molar-refractivity contribution < 1.29 is 4.52 Å². The van der Waals surface area contributed by atoms with Gasteiger partial charge in [0.1, 0.15) is 0 Å². The predicted octanol–water partition coefficient (Wildman–Crippen LogP) is 3.22. The van der Waals surface area contributed by atoms with E-state index in [1.807, 2.05) is 30.3 Å². The van der Waals surface area contributed by atoms with E-state index in [4.69, 9.17) is 21.9 Å². The maximum absolute atomic E-state index is 6.13. The fourth-order valence-corrected chi connectivity index (χ4v) is 2.36. The second-order valence-electron chi connectivity index (χ2n) is 5.00. The highest BCUT2D eigenvalue weighted by Crippen LogP contribution is 2.26. The van der Waals surface area contributed by atoms with E-state index in [-0.39, 0.29) is 5.89 Å². The minimum Gasteiger partial charge on any atom is -0.382 e. The van der Waals surface area contributed by atoms with E-state index in [0.29, 0.717) is 22.4 Å². The van der Waals surface area contributed by atoms with E-state index in [9.17, 15) is 0 Å². The van der Waals surface area contributed by atoms with Crippen LogP contribution in [0.25, 0.3) is 28.7 Å². The lowest BCUT2D eigenvalue weighted by atomic mass is 10.2. The van der Waals surface area contributed by atoms with Crippen molar-refractivity contribution in [3.05, 3.63) is 59.6 Å². The van der Waals surface area contributed by atoms with E-state index < -0.39 is 0 Å². The van der Waals surface area contributed by atoms with Gasteiger partial charge in [0.15, 0.2) is 11.5 Å². The molecule has 4 rings (SSSR count). The minimum absolute atomic E-state index is 0.208. The first-order valence-electron chi connectivity index (χ1n) is 7.09. The standard InChI is InChI=1S/C16H11ClN6O/c17-11-8-6-10(7-9-11)15-19-16(24-21-15)13-14(18)23(22-20-13)12-4-2-1-3-5-12/h1-9H,18H2. The zero-order valence-corrected chi connectivity index (χ0v) is 13.1.